The van der Waals surface area contributed by atoms with Crippen molar-refractivity contribution in [1.29, 1.82) is 0 Å². The number of amides is 1. The molecule has 0 bridgehead atoms. The molecule has 7 nitrogen and oxygen atoms in total. The van der Waals surface area contributed by atoms with E-state index in [1.165, 1.54) is 6.33 Å². The van der Waals surface area contributed by atoms with Gasteiger partial charge in [0.1, 0.15) is 18.4 Å². The Morgan fingerprint density at radius 2 is 2.19 bits per heavy atom. The van der Waals surface area contributed by atoms with E-state index in [1.807, 2.05) is 29.2 Å². The molecular weight excluding hydrogens is 330 g/mol. The molecule has 4 rings (SSSR count). The maximum atomic E-state index is 13.1. The molecule has 1 aliphatic rings. The Hall–Kier alpha value is -3.22. The smallest absolute Gasteiger partial charge is 0.254 e. The van der Waals surface area contributed by atoms with E-state index in [1.54, 1.807) is 36.4 Å². The normalized spacial score (nSPS) is 16.7. The molecular formula is C19H19N5O2. The molecule has 1 aliphatic heterocycles. The lowest BCUT2D eigenvalue weighted by molar-refractivity contribution is 0.0735. The average Bonchev–Trinajstić information content (AvgIpc) is 3.39. The molecule has 1 amide bonds. The number of likely N-dealkylation sites (tertiary alicyclic amines) is 1. The van der Waals surface area contributed by atoms with Crippen molar-refractivity contribution >= 4 is 5.91 Å². The number of nitrogens with zero attached hydrogens (tertiary/aromatic N) is 5. The van der Waals surface area contributed by atoms with E-state index >= 15 is 0 Å². The lowest BCUT2D eigenvalue weighted by Gasteiger charge is -2.25. The van der Waals surface area contributed by atoms with Gasteiger partial charge in [0.2, 0.25) is 0 Å². The molecule has 2 aromatic heterocycles. The minimum atomic E-state index is -0.000847. The highest BCUT2D eigenvalue weighted by atomic mass is 16.5. The van der Waals surface area contributed by atoms with Gasteiger partial charge in [-0.2, -0.15) is 5.10 Å². The van der Waals surface area contributed by atoms with Crippen LogP contribution >= 0.6 is 0 Å². The van der Waals surface area contributed by atoms with Crippen LogP contribution in [0.3, 0.4) is 0 Å². The Labute approximate surface area is 151 Å². The van der Waals surface area contributed by atoms with Crippen LogP contribution in [0.25, 0.3) is 5.82 Å². The van der Waals surface area contributed by atoms with Crippen molar-refractivity contribution in [2.75, 3.05) is 13.7 Å². The van der Waals surface area contributed by atoms with Crippen LogP contribution < -0.4 is 4.74 Å². The second kappa shape index (κ2) is 6.95. The zero-order chi connectivity index (χ0) is 17.9. The zero-order valence-electron chi connectivity index (χ0n) is 14.4. The van der Waals surface area contributed by atoms with Gasteiger partial charge in [-0.05, 0) is 42.7 Å². The molecule has 1 fully saturated rings. The summed E-state index contributed by atoms with van der Waals surface area (Å²) in [7, 11) is 1.65. The van der Waals surface area contributed by atoms with Gasteiger partial charge in [-0.15, -0.1) is 0 Å². The summed E-state index contributed by atoms with van der Waals surface area (Å²) in [5, 5.41) is 4.07. The van der Waals surface area contributed by atoms with Crippen LogP contribution in [-0.4, -0.2) is 44.2 Å². The molecule has 1 unspecified atom stereocenters. The summed E-state index contributed by atoms with van der Waals surface area (Å²) in [6, 6.07) is 11.5. The highest BCUT2D eigenvalue weighted by Gasteiger charge is 2.31. The monoisotopic (exact) mass is 349 g/mol. The number of methoxy groups -OCH3 is 1. The van der Waals surface area contributed by atoms with Gasteiger partial charge in [0, 0.05) is 18.3 Å². The van der Waals surface area contributed by atoms with E-state index in [4.69, 9.17) is 4.74 Å². The van der Waals surface area contributed by atoms with Gasteiger partial charge in [-0.3, -0.25) is 4.79 Å². The number of ether oxygens (including phenoxy) is 1. The van der Waals surface area contributed by atoms with Crippen molar-refractivity contribution in [2.45, 2.75) is 18.9 Å². The Bertz CT molecular complexity index is 910. The lowest BCUT2D eigenvalue weighted by atomic mass is 10.0. The quantitative estimate of drug-likeness (QED) is 0.724. The van der Waals surface area contributed by atoms with Crippen molar-refractivity contribution < 1.29 is 9.53 Å². The maximum absolute atomic E-state index is 13.1. The zero-order valence-corrected chi connectivity index (χ0v) is 14.4. The highest BCUT2D eigenvalue weighted by Crippen LogP contribution is 2.34. The van der Waals surface area contributed by atoms with Gasteiger partial charge < -0.3 is 9.64 Å². The Morgan fingerprint density at radius 1 is 1.27 bits per heavy atom. The van der Waals surface area contributed by atoms with Crippen molar-refractivity contribution in [3.63, 3.8) is 0 Å². The SMILES string of the molecule is COc1cccc(C2CCCN2C(=O)c2ccnc(-n3cncn3)c2)c1. The molecule has 7 heteroatoms. The van der Waals surface area contributed by atoms with Crippen molar-refractivity contribution in [3.05, 3.63) is 66.4 Å². The van der Waals surface area contributed by atoms with Gasteiger partial charge in [0.25, 0.3) is 5.91 Å². The minimum Gasteiger partial charge on any atom is -0.497 e. The molecule has 0 spiro atoms. The fourth-order valence-electron chi connectivity index (χ4n) is 3.37. The Kier molecular flexibility index (Phi) is 4.35. The third kappa shape index (κ3) is 3.03. The predicted molar refractivity (Wildman–Crippen MR) is 95.2 cm³/mol. The number of pyridine rings is 1. The summed E-state index contributed by atoms with van der Waals surface area (Å²) >= 11 is 0. The van der Waals surface area contributed by atoms with E-state index in [9.17, 15) is 4.79 Å². The molecule has 132 valence electrons. The summed E-state index contributed by atoms with van der Waals surface area (Å²) in [6.07, 6.45) is 6.55. The summed E-state index contributed by atoms with van der Waals surface area (Å²) in [5.74, 6) is 1.38. The first-order chi connectivity index (χ1) is 12.8. The second-order valence-electron chi connectivity index (χ2n) is 6.18. The molecule has 1 aromatic carbocycles. The molecule has 1 atom stereocenters. The number of aromatic nitrogens is 4. The lowest BCUT2D eigenvalue weighted by Crippen LogP contribution is -2.30. The summed E-state index contributed by atoms with van der Waals surface area (Å²) in [5.41, 5.74) is 1.70. The van der Waals surface area contributed by atoms with Crippen LogP contribution in [0.5, 0.6) is 5.75 Å². The van der Waals surface area contributed by atoms with E-state index in [2.05, 4.69) is 15.1 Å². The molecule has 0 N–H and O–H groups in total. The number of rotatable bonds is 4. The van der Waals surface area contributed by atoms with Crippen LogP contribution in [0.2, 0.25) is 0 Å². The first kappa shape index (κ1) is 16.3. The minimum absolute atomic E-state index is 0.000847. The summed E-state index contributed by atoms with van der Waals surface area (Å²) in [4.78, 5) is 23.2. The van der Waals surface area contributed by atoms with Gasteiger partial charge >= 0.3 is 0 Å². The summed E-state index contributed by atoms with van der Waals surface area (Å²) < 4.78 is 6.87. The number of benzene rings is 1. The standard InChI is InChI=1S/C19H19N5O2/c1-26-16-5-2-4-14(10-16)17-6-3-9-23(17)19(25)15-7-8-21-18(11-15)24-13-20-12-22-24/h2,4-5,7-8,10-13,17H,3,6,9H2,1H3. The average molecular weight is 349 g/mol. The number of hydrogen-bond donors (Lipinski definition) is 0. The van der Waals surface area contributed by atoms with Crippen molar-refractivity contribution in [3.8, 4) is 11.6 Å². The number of hydrogen-bond acceptors (Lipinski definition) is 5. The third-order valence-corrected chi connectivity index (χ3v) is 4.64. The highest BCUT2D eigenvalue weighted by molar-refractivity contribution is 5.95. The van der Waals surface area contributed by atoms with Gasteiger partial charge in [-0.25, -0.2) is 14.6 Å². The van der Waals surface area contributed by atoms with Gasteiger partial charge in [-0.1, -0.05) is 12.1 Å². The Balaban J connectivity index is 1.62. The first-order valence-electron chi connectivity index (χ1n) is 8.52. The fourth-order valence-corrected chi connectivity index (χ4v) is 3.37. The maximum Gasteiger partial charge on any atom is 0.254 e. The molecule has 3 aromatic rings. The molecule has 0 radical (unpaired) electrons. The van der Waals surface area contributed by atoms with E-state index in [-0.39, 0.29) is 11.9 Å². The number of carbonyl (C=O) groups excluding carboxylic acids is 1. The van der Waals surface area contributed by atoms with Crippen LogP contribution in [0.1, 0.15) is 34.8 Å². The van der Waals surface area contributed by atoms with E-state index < -0.39 is 0 Å². The third-order valence-electron chi connectivity index (χ3n) is 4.64. The topological polar surface area (TPSA) is 73.1 Å². The van der Waals surface area contributed by atoms with Gasteiger partial charge in [0.15, 0.2) is 5.82 Å². The van der Waals surface area contributed by atoms with Crippen molar-refractivity contribution in [2.24, 2.45) is 0 Å². The molecule has 0 saturated carbocycles. The first-order valence-corrected chi connectivity index (χ1v) is 8.52. The largest absolute Gasteiger partial charge is 0.497 e. The van der Waals surface area contributed by atoms with Crippen LogP contribution in [-0.2, 0) is 0 Å². The molecule has 3 heterocycles. The fraction of sp³-hybridized carbons (Fsp3) is 0.263. The Morgan fingerprint density at radius 3 is 3.00 bits per heavy atom. The van der Waals surface area contributed by atoms with Crippen LogP contribution in [0.15, 0.2) is 55.2 Å². The molecule has 0 aliphatic carbocycles. The van der Waals surface area contributed by atoms with Crippen LogP contribution in [0, 0.1) is 0 Å². The van der Waals surface area contributed by atoms with Gasteiger partial charge in [0.05, 0.1) is 13.2 Å². The molecule has 1 saturated heterocycles. The summed E-state index contributed by atoms with van der Waals surface area (Å²) in [6.45, 7) is 0.738. The predicted octanol–water partition coefficient (Wildman–Crippen LogP) is 2.65. The second-order valence-corrected chi connectivity index (χ2v) is 6.18. The van der Waals surface area contributed by atoms with Crippen molar-refractivity contribution in [1.82, 2.24) is 24.6 Å². The van der Waals surface area contributed by atoms with E-state index in [0.717, 1.165) is 30.7 Å². The van der Waals surface area contributed by atoms with E-state index in [0.29, 0.717) is 11.4 Å². The molecule has 26 heavy (non-hydrogen) atoms. The van der Waals surface area contributed by atoms with Crippen LogP contribution in [0.4, 0.5) is 0 Å². The number of carbonyl (C=O) groups is 1.